The zero-order valence-electron chi connectivity index (χ0n) is 7.01. The highest BCUT2D eigenvalue weighted by Crippen LogP contribution is 2.13. The van der Waals surface area contributed by atoms with Gasteiger partial charge in [-0.3, -0.25) is 9.48 Å². The molecule has 0 aromatic carbocycles. The van der Waals surface area contributed by atoms with Crippen molar-refractivity contribution in [3.63, 3.8) is 0 Å². The number of nitrogens with two attached hydrogens (primary N) is 1. The van der Waals surface area contributed by atoms with Crippen LogP contribution in [-0.4, -0.2) is 26.9 Å². The van der Waals surface area contributed by atoms with Crippen LogP contribution in [0.5, 0.6) is 0 Å². The number of rotatable bonds is 3. The first kappa shape index (κ1) is 10.2. The van der Waals surface area contributed by atoms with E-state index in [-0.39, 0.29) is 6.04 Å². The molecule has 6 heteroatoms. The average Bonchev–Trinajstić information content (AvgIpc) is 2.49. The van der Waals surface area contributed by atoms with Crippen LogP contribution in [0.4, 0.5) is 0 Å². The summed E-state index contributed by atoms with van der Waals surface area (Å²) in [7, 11) is 0. The van der Waals surface area contributed by atoms with Gasteiger partial charge >= 0.3 is 5.97 Å². The molecule has 5 nitrogen and oxygen atoms in total. The second kappa shape index (κ2) is 3.89. The van der Waals surface area contributed by atoms with E-state index in [1.54, 1.807) is 19.3 Å². The summed E-state index contributed by atoms with van der Waals surface area (Å²) in [6, 6.07) is -1.30. The predicted octanol–water partition coefficient (Wildman–Crippen LogP) is 0.618. The van der Waals surface area contributed by atoms with E-state index in [4.69, 9.17) is 10.8 Å². The second-order valence-electron chi connectivity index (χ2n) is 2.74. The van der Waals surface area contributed by atoms with E-state index in [9.17, 15) is 4.79 Å². The van der Waals surface area contributed by atoms with Crippen molar-refractivity contribution in [1.29, 1.82) is 0 Å². The van der Waals surface area contributed by atoms with Crippen LogP contribution >= 0.6 is 15.9 Å². The Balaban J connectivity index is 2.78. The fourth-order valence-corrected chi connectivity index (χ4v) is 1.21. The molecule has 0 fully saturated rings. The van der Waals surface area contributed by atoms with E-state index in [2.05, 4.69) is 21.0 Å². The maximum absolute atomic E-state index is 10.5. The molecule has 0 amide bonds. The molecular formula is C7H10BrN3O2. The first-order valence-corrected chi connectivity index (χ1v) is 4.49. The summed E-state index contributed by atoms with van der Waals surface area (Å²) in [5, 5.41) is 12.6. The predicted molar refractivity (Wildman–Crippen MR) is 50.2 cm³/mol. The number of carboxylic acids is 1. The van der Waals surface area contributed by atoms with Crippen molar-refractivity contribution in [3.05, 3.63) is 16.9 Å². The van der Waals surface area contributed by atoms with Gasteiger partial charge in [-0.25, -0.2) is 0 Å². The molecule has 0 aliphatic carbocycles. The minimum absolute atomic E-state index is 0.358. The fraction of sp³-hybridized carbons (Fsp3) is 0.429. The lowest BCUT2D eigenvalue weighted by Gasteiger charge is -2.15. The van der Waals surface area contributed by atoms with Crippen molar-refractivity contribution >= 4 is 21.9 Å². The molecule has 0 aliphatic rings. The standard InChI is InChI=1S/C7H10BrN3O2/c1-4(6(9)7(12)13)11-3-5(8)2-10-11/h2-4,6H,9H2,1H3,(H,12,13). The molecule has 0 radical (unpaired) electrons. The van der Waals surface area contributed by atoms with Gasteiger partial charge in [0.05, 0.1) is 16.7 Å². The third kappa shape index (κ3) is 2.28. The number of hydrogen-bond acceptors (Lipinski definition) is 3. The van der Waals surface area contributed by atoms with Gasteiger partial charge in [-0.05, 0) is 22.9 Å². The first-order chi connectivity index (χ1) is 6.02. The van der Waals surface area contributed by atoms with Crippen LogP contribution in [0.25, 0.3) is 0 Å². The van der Waals surface area contributed by atoms with Gasteiger partial charge in [-0.15, -0.1) is 0 Å². The normalized spacial score (nSPS) is 15.3. The minimum Gasteiger partial charge on any atom is -0.480 e. The van der Waals surface area contributed by atoms with Gasteiger partial charge in [0.1, 0.15) is 6.04 Å². The van der Waals surface area contributed by atoms with Gasteiger partial charge in [-0.2, -0.15) is 5.10 Å². The summed E-state index contributed by atoms with van der Waals surface area (Å²) >= 11 is 3.22. The monoisotopic (exact) mass is 247 g/mol. The Bertz CT molecular complexity index is 312. The summed E-state index contributed by atoms with van der Waals surface area (Å²) < 4.78 is 2.32. The van der Waals surface area contributed by atoms with Crippen LogP contribution in [0.1, 0.15) is 13.0 Å². The van der Waals surface area contributed by atoms with Crippen molar-refractivity contribution in [3.8, 4) is 0 Å². The Hall–Kier alpha value is -0.880. The summed E-state index contributed by atoms with van der Waals surface area (Å²) in [4.78, 5) is 10.5. The van der Waals surface area contributed by atoms with Crippen molar-refractivity contribution in [1.82, 2.24) is 9.78 Å². The van der Waals surface area contributed by atoms with Gasteiger partial charge in [0.15, 0.2) is 0 Å². The van der Waals surface area contributed by atoms with Crippen molar-refractivity contribution in [2.75, 3.05) is 0 Å². The van der Waals surface area contributed by atoms with Crippen LogP contribution in [0.3, 0.4) is 0 Å². The molecule has 2 unspecified atom stereocenters. The van der Waals surface area contributed by atoms with E-state index < -0.39 is 12.0 Å². The van der Waals surface area contributed by atoms with Crippen LogP contribution in [0.2, 0.25) is 0 Å². The molecule has 2 atom stereocenters. The lowest BCUT2D eigenvalue weighted by molar-refractivity contribution is -0.139. The molecule has 1 aromatic rings. The number of aliphatic carboxylic acids is 1. The van der Waals surface area contributed by atoms with E-state index in [1.165, 1.54) is 4.68 Å². The topological polar surface area (TPSA) is 81.1 Å². The van der Waals surface area contributed by atoms with Crippen LogP contribution in [-0.2, 0) is 4.79 Å². The van der Waals surface area contributed by atoms with E-state index in [0.717, 1.165) is 4.47 Å². The number of nitrogens with zero attached hydrogens (tertiary/aromatic N) is 2. The van der Waals surface area contributed by atoms with Gasteiger partial charge in [-0.1, -0.05) is 0 Å². The van der Waals surface area contributed by atoms with Gasteiger partial charge < -0.3 is 10.8 Å². The second-order valence-corrected chi connectivity index (χ2v) is 3.66. The molecule has 3 N–H and O–H groups in total. The van der Waals surface area contributed by atoms with Crippen molar-refractivity contribution in [2.24, 2.45) is 5.73 Å². The third-order valence-corrected chi connectivity index (χ3v) is 2.20. The van der Waals surface area contributed by atoms with Gasteiger partial charge in [0.2, 0.25) is 0 Å². The van der Waals surface area contributed by atoms with Gasteiger partial charge in [0.25, 0.3) is 0 Å². The average molecular weight is 248 g/mol. The quantitative estimate of drug-likeness (QED) is 0.821. The van der Waals surface area contributed by atoms with E-state index >= 15 is 0 Å². The number of halogens is 1. The molecule has 0 saturated carbocycles. The molecule has 1 aromatic heterocycles. The molecular weight excluding hydrogens is 238 g/mol. The van der Waals surface area contributed by atoms with Crippen LogP contribution in [0, 0.1) is 0 Å². The zero-order valence-corrected chi connectivity index (χ0v) is 8.60. The lowest BCUT2D eigenvalue weighted by atomic mass is 10.1. The maximum atomic E-state index is 10.5. The van der Waals surface area contributed by atoms with Crippen LogP contribution < -0.4 is 5.73 Å². The van der Waals surface area contributed by atoms with E-state index in [1.807, 2.05) is 0 Å². The molecule has 72 valence electrons. The van der Waals surface area contributed by atoms with E-state index in [0.29, 0.717) is 0 Å². The largest absolute Gasteiger partial charge is 0.480 e. The molecule has 0 bridgehead atoms. The van der Waals surface area contributed by atoms with Crippen molar-refractivity contribution < 1.29 is 9.90 Å². The highest BCUT2D eigenvalue weighted by Gasteiger charge is 2.21. The molecule has 0 aliphatic heterocycles. The summed E-state index contributed by atoms with van der Waals surface area (Å²) in [6.45, 7) is 1.71. The number of carboxylic acid groups (broad SMARTS) is 1. The number of carbonyl (C=O) groups is 1. The Labute approximate surface area is 83.7 Å². The minimum atomic E-state index is -1.03. The van der Waals surface area contributed by atoms with Crippen LogP contribution in [0.15, 0.2) is 16.9 Å². The fourth-order valence-electron chi connectivity index (χ4n) is 0.908. The molecule has 1 heterocycles. The molecule has 1 rings (SSSR count). The lowest BCUT2D eigenvalue weighted by Crippen LogP contribution is -2.38. The highest BCUT2D eigenvalue weighted by atomic mass is 79.9. The maximum Gasteiger partial charge on any atom is 0.322 e. The Morgan fingerprint density at radius 2 is 2.46 bits per heavy atom. The smallest absolute Gasteiger partial charge is 0.322 e. The van der Waals surface area contributed by atoms with Crippen molar-refractivity contribution in [2.45, 2.75) is 19.0 Å². The summed E-state index contributed by atoms with van der Waals surface area (Å²) in [6.07, 6.45) is 3.28. The first-order valence-electron chi connectivity index (χ1n) is 3.70. The summed E-state index contributed by atoms with van der Waals surface area (Å²) in [5.74, 6) is -1.03. The Morgan fingerprint density at radius 1 is 1.85 bits per heavy atom. The number of hydrogen-bond donors (Lipinski definition) is 2. The Kier molecular flexibility index (Phi) is 3.05. The summed E-state index contributed by atoms with van der Waals surface area (Å²) in [5.41, 5.74) is 5.43. The highest BCUT2D eigenvalue weighted by molar-refractivity contribution is 9.10. The molecule has 13 heavy (non-hydrogen) atoms. The number of aromatic nitrogens is 2. The SMILES string of the molecule is CC(C(N)C(=O)O)n1cc(Br)cn1. The van der Waals surface area contributed by atoms with Gasteiger partial charge in [0, 0.05) is 6.20 Å². The molecule has 0 saturated heterocycles. The zero-order chi connectivity index (χ0) is 10.0. The Morgan fingerprint density at radius 3 is 2.85 bits per heavy atom. The molecule has 0 spiro atoms. The third-order valence-electron chi connectivity index (χ3n) is 1.79.